The van der Waals surface area contributed by atoms with E-state index in [0.717, 1.165) is 93.0 Å². The van der Waals surface area contributed by atoms with Crippen molar-refractivity contribution in [3.05, 3.63) is 178 Å². The SMILES string of the molecule is CCCC(C)(c1ccc2c(c1)C(C)(C)c1cc(C(C)(CC)N(c3ccc(C)cc3)c3ccc(C(F)(F)F)cc3)ccc1-2)N(c1ccc(C)cc1)c1ccc(C(F)(F)F)cc1. The van der Waals surface area contributed by atoms with Crippen LogP contribution in [0.3, 0.4) is 0 Å². The molecule has 60 heavy (non-hydrogen) atoms. The molecule has 0 N–H and O–H groups in total. The molecule has 0 radical (unpaired) electrons. The second kappa shape index (κ2) is 15.5. The molecule has 7 rings (SSSR count). The quantitative estimate of drug-likeness (QED) is 0.120. The molecule has 0 fully saturated rings. The molecule has 6 aromatic rings. The van der Waals surface area contributed by atoms with Crippen molar-refractivity contribution in [2.24, 2.45) is 0 Å². The summed E-state index contributed by atoms with van der Waals surface area (Å²) in [5.41, 5.74) is 8.76. The van der Waals surface area contributed by atoms with E-state index in [0.29, 0.717) is 17.8 Å². The smallest absolute Gasteiger partial charge is 0.331 e. The van der Waals surface area contributed by atoms with Crippen molar-refractivity contribution in [1.82, 2.24) is 0 Å². The fourth-order valence-electron chi connectivity index (χ4n) is 9.20. The summed E-state index contributed by atoms with van der Waals surface area (Å²) in [4.78, 5) is 4.33. The van der Waals surface area contributed by atoms with Crippen LogP contribution in [-0.4, -0.2) is 0 Å². The monoisotopic (exact) mass is 818 g/mol. The third kappa shape index (κ3) is 7.58. The molecule has 0 saturated carbocycles. The summed E-state index contributed by atoms with van der Waals surface area (Å²) in [6.45, 7) is 17.0. The van der Waals surface area contributed by atoms with Crippen molar-refractivity contribution in [3.63, 3.8) is 0 Å². The summed E-state index contributed by atoms with van der Waals surface area (Å²) in [6, 6.07) is 40.3. The number of anilines is 4. The Morgan fingerprint density at radius 2 is 0.767 bits per heavy atom. The first-order valence-electron chi connectivity index (χ1n) is 20.6. The number of rotatable bonds is 11. The average molecular weight is 819 g/mol. The molecule has 2 unspecified atom stereocenters. The van der Waals surface area contributed by atoms with E-state index in [4.69, 9.17) is 0 Å². The van der Waals surface area contributed by atoms with Crippen LogP contribution >= 0.6 is 0 Å². The van der Waals surface area contributed by atoms with Crippen molar-refractivity contribution in [2.45, 2.75) is 103 Å². The van der Waals surface area contributed by atoms with Crippen LogP contribution in [-0.2, 0) is 28.8 Å². The molecule has 0 amide bonds. The Bertz CT molecular complexity index is 2470. The van der Waals surface area contributed by atoms with Gasteiger partial charge in [-0.25, -0.2) is 0 Å². The maximum Gasteiger partial charge on any atom is 0.416 e. The molecule has 0 aliphatic heterocycles. The zero-order chi connectivity index (χ0) is 43.4. The number of benzene rings is 6. The van der Waals surface area contributed by atoms with Crippen LogP contribution in [0, 0.1) is 13.8 Å². The van der Waals surface area contributed by atoms with Gasteiger partial charge in [-0.1, -0.05) is 106 Å². The minimum absolute atomic E-state index is 0.440. The highest BCUT2D eigenvalue weighted by atomic mass is 19.4. The second-order valence-corrected chi connectivity index (χ2v) is 17.2. The first-order valence-corrected chi connectivity index (χ1v) is 20.6. The van der Waals surface area contributed by atoms with Gasteiger partial charge in [-0.15, -0.1) is 0 Å². The van der Waals surface area contributed by atoms with E-state index in [1.54, 1.807) is 24.3 Å². The van der Waals surface area contributed by atoms with E-state index in [1.165, 1.54) is 0 Å². The van der Waals surface area contributed by atoms with Gasteiger partial charge in [0.25, 0.3) is 0 Å². The zero-order valence-corrected chi connectivity index (χ0v) is 35.5. The summed E-state index contributed by atoms with van der Waals surface area (Å²) >= 11 is 0. The third-order valence-corrected chi connectivity index (χ3v) is 12.8. The lowest BCUT2D eigenvalue weighted by Gasteiger charge is -2.44. The Morgan fingerprint density at radius 1 is 0.450 bits per heavy atom. The van der Waals surface area contributed by atoms with Crippen molar-refractivity contribution < 1.29 is 26.3 Å². The Balaban J connectivity index is 1.33. The van der Waals surface area contributed by atoms with Gasteiger partial charge in [0.1, 0.15) is 0 Å². The molecule has 312 valence electrons. The second-order valence-electron chi connectivity index (χ2n) is 17.2. The van der Waals surface area contributed by atoms with Crippen LogP contribution in [0.25, 0.3) is 11.1 Å². The number of hydrogen-bond acceptors (Lipinski definition) is 2. The minimum Gasteiger partial charge on any atom is -0.331 e. The van der Waals surface area contributed by atoms with Gasteiger partial charge >= 0.3 is 12.4 Å². The molecule has 0 heterocycles. The lowest BCUT2D eigenvalue weighted by molar-refractivity contribution is -0.138. The van der Waals surface area contributed by atoms with Crippen LogP contribution in [0.5, 0.6) is 0 Å². The summed E-state index contributed by atoms with van der Waals surface area (Å²) in [7, 11) is 0. The summed E-state index contributed by atoms with van der Waals surface area (Å²) in [6.07, 6.45) is -6.68. The van der Waals surface area contributed by atoms with Gasteiger partial charge in [0.05, 0.1) is 22.2 Å². The molecule has 1 aliphatic rings. The highest BCUT2D eigenvalue weighted by Crippen LogP contribution is 2.53. The molecular weight excluding hydrogens is 767 g/mol. The Kier molecular flexibility index (Phi) is 11.0. The standard InChI is InChI=1S/C52H52F6N2/c1-9-31-50(8,60(41-23-13-35(4)14-24-41)43-27-17-37(18-28-43)52(56,57)58)39-20-30-45-44-29-19-38(32-46(44)48(5,6)47(45)33-39)49(7,10-2)59(40-21-11-34(3)12-22-40)42-25-15-36(16-26-42)51(53,54)55/h11-30,32-33H,9-10,31H2,1-8H3. The van der Waals surface area contributed by atoms with Gasteiger partial charge in [0.15, 0.2) is 0 Å². The summed E-state index contributed by atoms with van der Waals surface area (Å²) in [5.74, 6) is 0. The minimum atomic E-state index is -4.45. The Labute approximate surface area is 350 Å². The Morgan fingerprint density at radius 3 is 1.10 bits per heavy atom. The van der Waals surface area contributed by atoms with E-state index >= 15 is 0 Å². The number of nitrogens with zero attached hydrogens (tertiary/aromatic N) is 2. The molecule has 6 aromatic carbocycles. The molecular formula is C52H52F6N2. The van der Waals surface area contributed by atoms with Gasteiger partial charge in [-0.2, -0.15) is 26.3 Å². The van der Waals surface area contributed by atoms with Crippen molar-refractivity contribution >= 4 is 22.7 Å². The predicted molar refractivity (Wildman–Crippen MR) is 233 cm³/mol. The topological polar surface area (TPSA) is 6.48 Å². The molecule has 0 aromatic heterocycles. The van der Waals surface area contributed by atoms with Crippen LogP contribution in [0.15, 0.2) is 133 Å². The molecule has 0 saturated heterocycles. The first-order chi connectivity index (χ1) is 28.2. The van der Waals surface area contributed by atoms with Gasteiger partial charge in [0.2, 0.25) is 0 Å². The molecule has 1 aliphatic carbocycles. The normalized spacial score (nSPS) is 15.4. The van der Waals surface area contributed by atoms with E-state index in [1.807, 2.05) is 62.4 Å². The van der Waals surface area contributed by atoms with E-state index in [2.05, 4.69) is 87.7 Å². The average Bonchev–Trinajstić information content (AvgIpc) is 3.44. The lowest BCUT2D eigenvalue weighted by atomic mass is 9.77. The van der Waals surface area contributed by atoms with Crippen LogP contribution in [0.2, 0.25) is 0 Å². The van der Waals surface area contributed by atoms with Crippen molar-refractivity contribution in [3.8, 4) is 11.1 Å². The van der Waals surface area contributed by atoms with Crippen LogP contribution in [0.1, 0.15) is 105 Å². The van der Waals surface area contributed by atoms with Gasteiger partial charge < -0.3 is 9.80 Å². The number of alkyl halides is 6. The fourth-order valence-corrected chi connectivity index (χ4v) is 9.20. The lowest BCUT2D eigenvalue weighted by Crippen LogP contribution is -2.41. The third-order valence-electron chi connectivity index (χ3n) is 12.8. The predicted octanol–water partition coefficient (Wildman–Crippen LogP) is 16.0. The van der Waals surface area contributed by atoms with E-state index in [-0.39, 0.29) is 0 Å². The number of halogens is 6. The van der Waals surface area contributed by atoms with E-state index in [9.17, 15) is 26.3 Å². The Hall–Kier alpha value is -5.50. The first kappa shape index (κ1) is 42.6. The van der Waals surface area contributed by atoms with Crippen LogP contribution < -0.4 is 9.80 Å². The number of aryl methyl sites for hydroxylation is 2. The zero-order valence-electron chi connectivity index (χ0n) is 35.5. The van der Waals surface area contributed by atoms with Crippen LogP contribution in [0.4, 0.5) is 49.1 Å². The highest BCUT2D eigenvalue weighted by molar-refractivity contribution is 5.82. The summed E-state index contributed by atoms with van der Waals surface area (Å²) in [5, 5.41) is 0. The van der Waals surface area contributed by atoms with Crippen molar-refractivity contribution in [2.75, 3.05) is 9.80 Å². The fraction of sp³-hybridized carbons (Fsp3) is 0.308. The molecule has 2 nitrogen and oxygen atoms in total. The molecule has 8 heteroatoms. The van der Waals surface area contributed by atoms with Crippen molar-refractivity contribution in [1.29, 1.82) is 0 Å². The molecule has 0 spiro atoms. The summed E-state index contributed by atoms with van der Waals surface area (Å²) < 4.78 is 82.3. The maximum absolute atomic E-state index is 13.7. The maximum atomic E-state index is 13.7. The van der Waals surface area contributed by atoms with Gasteiger partial charge in [-0.3, -0.25) is 0 Å². The van der Waals surface area contributed by atoms with E-state index < -0.39 is 40.0 Å². The number of hydrogen-bond donors (Lipinski definition) is 0. The highest BCUT2D eigenvalue weighted by Gasteiger charge is 2.42. The largest absolute Gasteiger partial charge is 0.416 e. The molecule has 2 atom stereocenters. The van der Waals surface area contributed by atoms with Gasteiger partial charge in [0, 0.05) is 28.2 Å². The van der Waals surface area contributed by atoms with Gasteiger partial charge in [-0.05, 0) is 147 Å². The molecule has 0 bridgehead atoms. The number of fused-ring (bicyclic) bond motifs is 3.